The van der Waals surface area contributed by atoms with Crippen molar-refractivity contribution in [2.45, 2.75) is 0 Å². The number of halogens is 1. The second-order valence-electron chi connectivity index (χ2n) is 2.99. The molecule has 1 aromatic heterocycles. The lowest BCUT2D eigenvalue weighted by Crippen LogP contribution is -1.89. The average Bonchev–Trinajstić information content (AvgIpc) is 2.65. The Hall–Kier alpha value is -1.66. The van der Waals surface area contributed by atoms with Crippen LogP contribution in [0.4, 0.5) is 5.69 Å². The largest absolute Gasteiger partial charge is 0.437 e. The highest BCUT2D eigenvalue weighted by Crippen LogP contribution is 2.29. The van der Waals surface area contributed by atoms with Crippen LogP contribution in [-0.2, 0) is 0 Å². The van der Waals surface area contributed by atoms with E-state index in [0.29, 0.717) is 11.3 Å². The molecule has 0 unspecified atom stereocenters. The van der Waals surface area contributed by atoms with E-state index in [1.54, 1.807) is 6.07 Å². The van der Waals surface area contributed by atoms with Gasteiger partial charge in [-0.2, -0.15) is 0 Å². The zero-order chi connectivity index (χ0) is 11.7. The maximum atomic E-state index is 10.7. The van der Waals surface area contributed by atoms with Crippen molar-refractivity contribution in [3.63, 3.8) is 0 Å². The smallest absolute Gasteiger partial charge is 0.288 e. The Morgan fingerprint density at radius 3 is 2.81 bits per heavy atom. The molecule has 0 radical (unpaired) electrons. The summed E-state index contributed by atoms with van der Waals surface area (Å²) in [5, 5.41) is 10.8. The Kier molecular flexibility index (Phi) is 2.76. The standard InChI is InChI=1S/C9H5ClN2O3S/c10-6-2-1-5(3-8(6)12(13)14)7-4-15-9(16)11-7/h1-4H,(H,11,16). The van der Waals surface area contributed by atoms with Gasteiger partial charge in [-0.25, -0.2) is 0 Å². The van der Waals surface area contributed by atoms with Gasteiger partial charge in [0.1, 0.15) is 11.3 Å². The van der Waals surface area contributed by atoms with Crippen molar-refractivity contribution in [1.29, 1.82) is 0 Å². The van der Waals surface area contributed by atoms with E-state index in [1.165, 1.54) is 18.4 Å². The van der Waals surface area contributed by atoms with Crippen LogP contribution in [0.25, 0.3) is 11.3 Å². The fraction of sp³-hybridized carbons (Fsp3) is 0. The third-order valence-electron chi connectivity index (χ3n) is 1.97. The van der Waals surface area contributed by atoms with Crippen molar-refractivity contribution in [3.8, 4) is 11.3 Å². The maximum Gasteiger partial charge on any atom is 0.288 e. The minimum atomic E-state index is -0.541. The third kappa shape index (κ3) is 1.98. The molecule has 1 aromatic carbocycles. The molecule has 0 saturated heterocycles. The number of nitro groups is 1. The minimum Gasteiger partial charge on any atom is -0.437 e. The molecule has 0 spiro atoms. The lowest BCUT2D eigenvalue weighted by Gasteiger charge is -1.98. The molecule has 0 aliphatic carbocycles. The summed E-state index contributed by atoms with van der Waals surface area (Å²) in [6, 6.07) is 4.46. The fourth-order valence-corrected chi connectivity index (χ4v) is 1.59. The summed E-state index contributed by atoms with van der Waals surface area (Å²) in [5.41, 5.74) is 1.01. The highest BCUT2D eigenvalue weighted by Gasteiger charge is 2.14. The van der Waals surface area contributed by atoms with E-state index >= 15 is 0 Å². The quantitative estimate of drug-likeness (QED) is 0.506. The summed E-state index contributed by atoms with van der Waals surface area (Å²) in [6.07, 6.45) is 1.40. The van der Waals surface area contributed by atoms with Crippen molar-refractivity contribution in [2.75, 3.05) is 0 Å². The van der Waals surface area contributed by atoms with Crippen molar-refractivity contribution in [3.05, 3.63) is 44.4 Å². The Labute approximate surface area is 99.8 Å². The fourth-order valence-electron chi connectivity index (χ4n) is 1.24. The lowest BCUT2D eigenvalue weighted by atomic mass is 10.1. The highest BCUT2D eigenvalue weighted by atomic mass is 35.5. The molecular formula is C9H5ClN2O3S. The van der Waals surface area contributed by atoms with E-state index in [2.05, 4.69) is 4.98 Å². The first-order valence-electron chi connectivity index (χ1n) is 4.20. The highest BCUT2D eigenvalue weighted by molar-refractivity contribution is 7.71. The van der Waals surface area contributed by atoms with Crippen molar-refractivity contribution >= 4 is 29.5 Å². The first-order chi connectivity index (χ1) is 7.58. The van der Waals surface area contributed by atoms with Crippen LogP contribution in [0.15, 0.2) is 28.9 Å². The molecule has 0 saturated carbocycles. The van der Waals surface area contributed by atoms with Crippen LogP contribution in [0.2, 0.25) is 5.02 Å². The van der Waals surface area contributed by atoms with Crippen molar-refractivity contribution < 1.29 is 9.34 Å². The van der Waals surface area contributed by atoms with Crippen LogP contribution < -0.4 is 0 Å². The molecule has 1 N–H and O–H groups in total. The molecular weight excluding hydrogens is 252 g/mol. The summed E-state index contributed by atoms with van der Waals surface area (Å²) in [4.78, 5) is 13.1. The molecule has 0 atom stereocenters. The van der Waals surface area contributed by atoms with E-state index in [9.17, 15) is 10.1 Å². The van der Waals surface area contributed by atoms with E-state index in [0.717, 1.165) is 0 Å². The number of aromatic amines is 1. The molecule has 7 heteroatoms. The van der Waals surface area contributed by atoms with Crippen LogP contribution in [0.3, 0.4) is 0 Å². The lowest BCUT2D eigenvalue weighted by molar-refractivity contribution is -0.384. The van der Waals surface area contributed by atoms with Gasteiger partial charge in [0.15, 0.2) is 0 Å². The average molecular weight is 257 g/mol. The van der Waals surface area contributed by atoms with Crippen LogP contribution in [-0.4, -0.2) is 9.91 Å². The third-order valence-corrected chi connectivity index (χ3v) is 2.49. The number of benzene rings is 1. The number of rotatable bonds is 2. The Morgan fingerprint density at radius 1 is 1.50 bits per heavy atom. The molecule has 1 heterocycles. The van der Waals surface area contributed by atoms with E-state index in [-0.39, 0.29) is 15.5 Å². The second kappa shape index (κ2) is 4.07. The van der Waals surface area contributed by atoms with Crippen LogP contribution in [0.5, 0.6) is 0 Å². The number of nitrogens with zero attached hydrogens (tertiary/aromatic N) is 1. The van der Waals surface area contributed by atoms with Crippen molar-refractivity contribution in [1.82, 2.24) is 4.98 Å². The summed E-state index contributed by atoms with van der Waals surface area (Å²) < 4.78 is 4.91. The van der Waals surface area contributed by atoms with Crippen molar-refractivity contribution in [2.24, 2.45) is 0 Å². The number of aromatic nitrogens is 1. The van der Waals surface area contributed by atoms with Gasteiger partial charge in [0.25, 0.3) is 10.5 Å². The zero-order valence-electron chi connectivity index (χ0n) is 7.77. The summed E-state index contributed by atoms with van der Waals surface area (Å²) in [5.74, 6) is 0. The van der Waals surface area contributed by atoms with Crippen LogP contribution >= 0.6 is 23.8 Å². The Bertz CT molecular complexity index is 605. The Morgan fingerprint density at radius 2 is 2.25 bits per heavy atom. The van der Waals surface area contributed by atoms with Gasteiger partial charge in [-0.3, -0.25) is 10.1 Å². The van der Waals surface area contributed by atoms with E-state index < -0.39 is 4.92 Å². The van der Waals surface area contributed by atoms with Gasteiger partial charge in [-0.05, 0) is 18.3 Å². The van der Waals surface area contributed by atoms with Gasteiger partial charge in [0.05, 0.1) is 10.6 Å². The summed E-state index contributed by atoms with van der Waals surface area (Å²) >= 11 is 10.4. The topological polar surface area (TPSA) is 72.1 Å². The zero-order valence-corrected chi connectivity index (χ0v) is 9.34. The number of hydrogen-bond acceptors (Lipinski definition) is 4. The van der Waals surface area contributed by atoms with E-state index in [4.69, 9.17) is 28.2 Å². The van der Waals surface area contributed by atoms with Gasteiger partial charge in [-0.1, -0.05) is 17.7 Å². The first kappa shape index (κ1) is 10.8. The molecule has 2 rings (SSSR count). The predicted molar refractivity (Wildman–Crippen MR) is 61.0 cm³/mol. The SMILES string of the molecule is O=[N+]([O-])c1cc(-c2coc(=S)[nH]2)ccc1Cl. The number of H-pyrrole nitrogens is 1. The maximum absolute atomic E-state index is 10.7. The van der Waals surface area contributed by atoms with Gasteiger partial charge >= 0.3 is 0 Å². The molecule has 0 bridgehead atoms. The predicted octanol–water partition coefficient (Wildman–Crippen LogP) is 3.57. The molecule has 2 aromatic rings. The number of oxazole rings is 1. The monoisotopic (exact) mass is 256 g/mol. The molecule has 82 valence electrons. The number of nitrogens with one attached hydrogen (secondary N) is 1. The molecule has 0 aliphatic rings. The minimum absolute atomic E-state index is 0.0934. The molecule has 16 heavy (non-hydrogen) atoms. The van der Waals surface area contributed by atoms with Gasteiger partial charge < -0.3 is 9.40 Å². The summed E-state index contributed by atoms with van der Waals surface area (Å²) in [6.45, 7) is 0. The van der Waals surface area contributed by atoms with E-state index in [1.807, 2.05) is 0 Å². The molecule has 0 amide bonds. The Balaban J connectivity index is 2.55. The van der Waals surface area contributed by atoms with Crippen LogP contribution in [0.1, 0.15) is 0 Å². The normalized spacial score (nSPS) is 10.3. The van der Waals surface area contributed by atoms with Gasteiger partial charge in [-0.15, -0.1) is 0 Å². The molecule has 0 aliphatic heterocycles. The second-order valence-corrected chi connectivity index (χ2v) is 3.76. The molecule has 0 fully saturated rings. The van der Waals surface area contributed by atoms with Gasteiger partial charge in [0.2, 0.25) is 0 Å². The first-order valence-corrected chi connectivity index (χ1v) is 4.98. The van der Waals surface area contributed by atoms with Crippen LogP contribution in [0, 0.1) is 15.0 Å². The number of hydrogen-bond donors (Lipinski definition) is 1. The molecule has 5 nitrogen and oxygen atoms in total. The number of nitro benzene ring substituents is 1. The summed E-state index contributed by atoms with van der Waals surface area (Å²) in [7, 11) is 0. The van der Waals surface area contributed by atoms with Gasteiger partial charge in [0, 0.05) is 11.6 Å².